The third-order valence-corrected chi connectivity index (χ3v) is 2.92. The summed E-state index contributed by atoms with van der Waals surface area (Å²) < 4.78 is 1.94. The van der Waals surface area contributed by atoms with Crippen molar-refractivity contribution in [2.45, 2.75) is 57.3 Å². The Hall–Kier alpha value is -0.380. The van der Waals surface area contributed by atoms with Gasteiger partial charge in [-0.15, -0.1) is 5.10 Å². The van der Waals surface area contributed by atoms with E-state index in [-0.39, 0.29) is 0 Å². The molecule has 4 heteroatoms. The van der Waals surface area contributed by atoms with Crippen LogP contribution in [0.2, 0.25) is 0 Å². The summed E-state index contributed by atoms with van der Waals surface area (Å²) >= 11 is 3.48. The lowest BCUT2D eigenvalue weighted by Gasteiger charge is -2.00. The molecule has 0 amide bonds. The molecule has 0 saturated heterocycles. The van der Waals surface area contributed by atoms with Gasteiger partial charge >= 0.3 is 0 Å². The minimum atomic E-state index is 0.298. The standard InChI is InChI=1S/C11H20BrN3/c1-3-4-5-6-7-8-15-9-11(10(2)12)13-14-15/h9-10H,3-8H2,1-2H3. The fraction of sp³-hybridized carbons (Fsp3) is 0.818. The summed E-state index contributed by atoms with van der Waals surface area (Å²) in [4.78, 5) is 0.298. The van der Waals surface area contributed by atoms with Gasteiger partial charge in [0.05, 0.1) is 10.5 Å². The normalized spacial score (nSPS) is 13.0. The largest absolute Gasteiger partial charge is 0.252 e. The molecule has 1 atom stereocenters. The topological polar surface area (TPSA) is 30.7 Å². The number of hydrogen-bond donors (Lipinski definition) is 0. The molecule has 0 aliphatic rings. The van der Waals surface area contributed by atoms with Crippen LogP contribution in [0.15, 0.2) is 6.20 Å². The molecule has 15 heavy (non-hydrogen) atoms. The van der Waals surface area contributed by atoms with Crippen LogP contribution in [0.25, 0.3) is 0 Å². The number of aromatic nitrogens is 3. The molecule has 0 spiro atoms. The zero-order valence-corrected chi connectivity index (χ0v) is 11.2. The summed E-state index contributed by atoms with van der Waals surface area (Å²) in [6.07, 6.45) is 8.52. The minimum Gasteiger partial charge on any atom is -0.252 e. The summed E-state index contributed by atoms with van der Waals surface area (Å²) in [6.45, 7) is 5.30. The molecular weight excluding hydrogens is 254 g/mol. The molecule has 1 aromatic heterocycles. The number of halogens is 1. The molecule has 0 bridgehead atoms. The van der Waals surface area contributed by atoms with Gasteiger partial charge in [-0.2, -0.15) is 0 Å². The van der Waals surface area contributed by atoms with E-state index < -0.39 is 0 Å². The van der Waals surface area contributed by atoms with Crippen molar-refractivity contribution in [2.75, 3.05) is 0 Å². The first-order valence-corrected chi connectivity index (χ1v) is 6.69. The maximum Gasteiger partial charge on any atom is 0.0960 e. The lowest BCUT2D eigenvalue weighted by atomic mass is 10.1. The average Bonchev–Trinajstić information content (AvgIpc) is 2.66. The molecule has 1 aromatic rings. The Balaban J connectivity index is 2.20. The molecule has 0 aliphatic carbocycles. The number of hydrogen-bond acceptors (Lipinski definition) is 2. The van der Waals surface area contributed by atoms with Crippen LogP contribution in [0.4, 0.5) is 0 Å². The predicted molar refractivity (Wildman–Crippen MR) is 66.1 cm³/mol. The molecule has 0 N–H and O–H groups in total. The first-order chi connectivity index (χ1) is 7.24. The van der Waals surface area contributed by atoms with Crippen molar-refractivity contribution in [3.63, 3.8) is 0 Å². The maximum absolute atomic E-state index is 4.10. The van der Waals surface area contributed by atoms with Crippen molar-refractivity contribution in [2.24, 2.45) is 0 Å². The summed E-state index contributed by atoms with van der Waals surface area (Å²) in [5.41, 5.74) is 1.02. The lowest BCUT2D eigenvalue weighted by molar-refractivity contribution is 0.521. The van der Waals surface area contributed by atoms with Gasteiger partial charge in [0.25, 0.3) is 0 Å². The third-order valence-electron chi connectivity index (χ3n) is 2.45. The number of alkyl halides is 1. The Bertz CT molecular complexity index is 271. The fourth-order valence-corrected chi connectivity index (χ4v) is 1.69. The van der Waals surface area contributed by atoms with E-state index in [1.807, 2.05) is 10.9 Å². The molecule has 0 saturated carbocycles. The molecule has 86 valence electrons. The Kier molecular flexibility index (Phi) is 5.91. The predicted octanol–water partition coefficient (Wildman–Crippen LogP) is 3.70. The van der Waals surface area contributed by atoms with Crippen LogP contribution in [0.1, 0.15) is 56.5 Å². The number of aryl methyl sites for hydroxylation is 1. The van der Waals surface area contributed by atoms with Gasteiger partial charge in [0.15, 0.2) is 0 Å². The third kappa shape index (κ3) is 4.78. The van der Waals surface area contributed by atoms with E-state index in [1.165, 1.54) is 32.1 Å². The van der Waals surface area contributed by atoms with Crippen molar-refractivity contribution >= 4 is 15.9 Å². The highest BCUT2D eigenvalue weighted by Gasteiger charge is 2.05. The van der Waals surface area contributed by atoms with Gasteiger partial charge in [-0.25, -0.2) is 0 Å². The van der Waals surface area contributed by atoms with E-state index in [2.05, 4.69) is 40.1 Å². The van der Waals surface area contributed by atoms with Crippen molar-refractivity contribution in [3.05, 3.63) is 11.9 Å². The van der Waals surface area contributed by atoms with E-state index in [0.29, 0.717) is 4.83 Å². The van der Waals surface area contributed by atoms with Crippen molar-refractivity contribution in [1.82, 2.24) is 15.0 Å². The molecule has 0 radical (unpaired) electrons. The van der Waals surface area contributed by atoms with Gasteiger partial charge in [-0.1, -0.05) is 53.8 Å². The van der Waals surface area contributed by atoms with Crippen LogP contribution >= 0.6 is 15.9 Å². The number of rotatable bonds is 7. The fourth-order valence-electron chi connectivity index (χ4n) is 1.48. The summed E-state index contributed by atoms with van der Waals surface area (Å²) in [6, 6.07) is 0. The molecule has 3 nitrogen and oxygen atoms in total. The molecule has 1 heterocycles. The van der Waals surface area contributed by atoms with E-state index in [1.54, 1.807) is 0 Å². The molecule has 1 unspecified atom stereocenters. The van der Waals surface area contributed by atoms with Crippen LogP contribution in [-0.4, -0.2) is 15.0 Å². The second-order valence-electron chi connectivity index (χ2n) is 3.94. The van der Waals surface area contributed by atoms with Crippen LogP contribution in [0.3, 0.4) is 0 Å². The Morgan fingerprint density at radius 1 is 1.33 bits per heavy atom. The molecular formula is C11H20BrN3. The highest BCUT2D eigenvalue weighted by atomic mass is 79.9. The second-order valence-corrected chi connectivity index (χ2v) is 5.31. The van der Waals surface area contributed by atoms with Gasteiger partial charge < -0.3 is 0 Å². The van der Waals surface area contributed by atoms with Gasteiger partial charge in [-0.05, 0) is 13.3 Å². The van der Waals surface area contributed by atoms with Crippen LogP contribution in [-0.2, 0) is 6.54 Å². The van der Waals surface area contributed by atoms with Gasteiger partial charge in [0, 0.05) is 12.7 Å². The summed E-state index contributed by atoms with van der Waals surface area (Å²) in [5.74, 6) is 0. The number of unbranched alkanes of at least 4 members (excludes halogenated alkanes) is 4. The van der Waals surface area contributed by atoms with Crippen LogP contribution in [0.5, 0.6) is 0 Å². The first kappa shape index (κ1) is 12.7. The van der Waals surface area contributed by atoms with Crippen LogP contribution in [0, 0.1) is 0 Å². The minimum absolute atomic E-state index is 0.298. The highest BCUT2D eigenvalue weighted by Crippen LogP contribution is 2.18. The van der Waals surface area contributed by atoms with E-state index >= 15 is 0 Å². The van der Waals surface area contributed by atoms with E-state index in [9.17, 15) is 0 Å². The first-order valence-electron chi connectivity index (χ1n) is 5.78. The Labute approximate surface area is 100 Å². The molecule has 0 aromatic carbocycles. The molecule has 0 aliphatic heterocycles. The second kappa shape index (κ2) is 6.99. The smallest absolute Gasteiger partial charge is 0.0960 e. The van der Waals surface area contributed by atoms with Crippen LogP contribution < -0.4 is 0 Å². The quantitative estimate of drug-likeness (QED) is 0.560. The molecule has 1 rings (SSSR count). The lowest BCUT2D eigenvalue weighted by Crippen LogP contribution is -1.98. The van der Waals surface area contributed by atoms with Gasteiger partial charge in [0.2, 0.25) is 0 Å². The SMILES string of the molecule is CCCCCCCn1cc(C(C)Br)nn1. The summed E-state index contributed by atoms with van der Waals surface area (Å²) in [7, 11) is 0. The van der Waals surface area contributed by atoms with Crippen molar-refractivity contribution in [3.8, 4) is 0 Å². The molecule has 0 fully saturated rings. The Morgan fingerprint density at radius 2 is 2.07 bits per heavy atom. The zero-order valence-electron chi connectivity index (χ0n) is 9.62. The maximum atomic E-state index is 4.10. The van der Waals surface area contributed by atoms with Gasteiger partial charge in [0.1, 0.15) is 0 Å². The number of nitrogens with zero attached hydrogens (tertiary/aromatic N) is 3. The van der Waals surface area contributed by atoms with Crippen molar-refractivity contribution < 1.29 is 0 Å². The average molecular weight is 274 g/mol. The summed E-state index contributed by atoms with van der Waals surface area (Å²) in [5, 5.41) is 8.19. The van der Waals surface area contributed by atoms with Crippen molar-refractivity contribution in [1.29, 1.82) is 0 Å². The Morgan fingerprint density at radius 3 is 2.67 bits per heavy atom. The van der Waals surface area contributed by atoms with E-state index in [0.717, 1.165) is 12.2 Å². The highest BCUT2D eigenvalue weighted by molar-refractivity contribution is 9.09. The monoisotopic (exact) mass is 273 g/mol. The zero-order chi connectivity index (χ0) is 11.1. The van der Waals surface area contributed by atoms with E-state index in [4.69, 9.17) is 0 Å². The van der Waals surface area contributed by atoms with Gasteiger partial charge in [-0.3, -0.25) is 4.68 Å².